The molecule has 1 saturated heterocycles. The molecule has 0 radical (unpaired) electrons. The molecule has 0 aliphatic carbocycles. The number of aromatic carboxylic acids is 2. The Morgan fingerprint density at radius 2 is 1.65 bits per heavy atom. The highest BCUT2D eigenvalue weighted by Crippen LogP contribution is 2.29. The fourth-order valence-corrected chi connectivity index (χ4v) is 4.31. The summed E-state index contributed by atoms with van der Waals surface area (Å²) in [6, 6.07) is 17.0. The summed E-state index contributed by atoms with van der Waals surface area (Å²) >= 11 is 8.57. The molecule has 9 nitrogen and oxygen atoms in total. The number of carboxylic acid groups (broad SMARTS) is 2. The number of ether oxygens (including phenoxy) is 1. The Balaban J connectivity index is 1.56. The minimum atomic E-state index is -1.17. The van der Waals surface area contributed by atoms with Gasteiger partial charge in [-0.2, -0.15) is 0 Å². The van der Waals surface area contributed by atoms with Crippen LogP contribution < -0.4 is 15.0 Å². The van der Waals surface area contributed by atoms with Crippen LogP contribution in [0.15, 0.2) is 76.8 Å². The zero-order valence-electron chi connectivity index (χ0n) is 18.8. The van der Waals surface area contributed by atoms with Gasteiger partial charge in [0.05, 0.1) is 21.3 Å². The average molecular weight is 581 g/mol. The van der Waals surface area contributed by atoms with Gasteiger partial charge >= 0.3 is 11.9 Å². The van der Waals surface area contributed by atoms with Crippen LogP contribution in [0.3, 0.4) is 0 Å². The summed E-state index contributed by atoms with van der Waals surface area (Å²) < 4.78 is 6.33. The second kappa shape index (κ2) is 10.7. The Morgan fingerprint density at radius 1 is 0.973 bits per heavy atom. The standard InChI is InChI=1S/C26H17BrN2O7S/c27-20-11-14(7-8-21(20)36-13-15-3-1-4-16(9-15)24(32)33)10-19-22(30)28-26(37)29(23(19)31)18-6-2-5-17(12-18)25(34)35/h1-12H,13H2,(H,32,33)(H,34,35)(H,28,30,37). The van der Waals surface area contributed by atoms with Crippen molar-refractivity contribution in [2.75, 3.05) is 4.90 Å². The molecule has 0 bridgehead atoms. The van der Waals surface area contributed by atoms with Crippen molar-refractivity contribution >= 4 is 68.8 Å². The lowest BCUT2D eigenvalue weighted by Crippen LogP contribution is -2.54. The second-order valence-corrected chi connectivity index (χ2v) is 9.04. The van der Waals surface area contributed by atoms with Crippen molar-refractivity contribution in [2.45, 2.75) is 6.61 Å². The summed E-state index contributed by atoms with van der Waals surface area (Å²) in [5.41, 5.74) is 1.31. The molecule has 0 atom stereocenters. The number of carbonyl (C=O) groups is 4. The number of hydrogen-bond acceptors (Lipinski definition) is 6. The van der Waals surface area contributed by atoms with Crippen LogP contribution in [-0.2, 0) is 16.2 Å². The van der Waals surface area contributed by atoms with E-state index in [0.717, 1.165) is 4.90 Å². The molecule has 0 aromatic heterocycles. The van der Waals surface area contributed by atoms with Crippen LogP contribution in [0, 0.1) is 0 Å². The summed E-state index contributed by atoms with van der Waals surface area (Å²) in [7, 11) is 0. The number of rotatable bonds is 7. The molecule has 0 spiro atoms. The van der Waals surface area contributed by atoms with E-state index in [1.54, 1.807) is 30.3 Å². The molecule has 37 heavy (non-hydrogen) atoms. The number of halogens is 1. The van der Waals surface area contributed by atoms with E-state index in [9.17, 15) is 24.3 Å². The average Bonchev–Trinajstić information content (AvgIpc) is 2.86. The largest absolute Gasteiger partial charge is 0.488 e. The number of nitrogens with one attached hydrogen (secondary N) is 1. The Kier molecular flexibility index (Phi) is 7.46. The Bertz CT molecular complexity index is 1500. The third-order valence-corrected chi connectivity index (χ3v) is 6.19. The predicted octanol–water partition coefficient (Wildman–Crippen LogP) is 4.26. The lowest BCUT2D eigenvalue weighted by Gasteiger charge is -2.29. The van der Waals surface area contributed by atoms with E-state index in [2.05, 4.69) is 21.2 Å². The molecule has 0 saturated carbocycles. The van der Waals surface area contributed by atoms with Gasteiger partial charge < -0.3 is 14.9 Å². The normalized spacial score (nSPS) is 14.5. The first-order valence-electron chi connectivity index (χ1n) is 10.6. The number of carboxylic acids is 2. The number of carbonyl (C=O) groups excluding carboxylic acids is 2. The van der Waals surface area contributed by atoms with Crippen LogP contribution in [-0.4, -0.2) is 39.1 Å². The molecule has 1 fully saturated rings. The van der Waals surface area contributed by atoms with Gasteiger partial charge in [-0.15, -0.1) is 0 Å². The van der Waals surface area contributed by atoms with Gasteiger partial charge in [0.15, 0.2) is 5.11 Å². The van der Waals surface area contributed by atoms with E-state index in [1.807, 2.05) is 0 Å². The fraction of sp³-hybridized carbons (Fsp3) is 0.0385. The highest BCUT2D eigenvalue weighted by atomic mass is 79.9. The quantitative estimate of drug-likeness (QED) is 0.214. The van der Waals surface area contributed by atoms with Crippen molar-refractivity contribution < 1.29 is 34.1 Å². The molecule has 3 aromatic carbocycles. The number of benzene rings is 3. The lowest BCUT2D eigenvalue weighted by atomic mass is 10.1. The zero-order chi connectivity index (χ0) is 26.7. The van der Waals surface area contributed by atoms with E-state index < -0.39 is 23.8 Å². The van der Waals surface area contributed by atoms with Crippen LogP contribution in [0.1, 0.15) is 31.8 Å². The minimum Gasteiger partial charge on any atom is -0.488 e. The molecular weight excluding hydrogens is 564 g/mol. The summed E-state index contributed by atoms with van der Waals surface area (Å²) in [4.78, 5) is 49.3. The molecule has 3 N–H and O–H groups in total. The van der Waals surface area contributed by atoms with Crippen LogP contribution >= 0.6 is 28.1 Å². The first kappa shape index (κ1) is 25.7. The summed E-state index contributed by atoms with van der Waals surface area (Å²) in [6.07, 6.45) is 1.39. The first-order chi connectivity index (χ1) is 17.6. The monoisotopic (exact) mass is 580 g/mol. The highest BCUT2D eigenvalue weighted by molar-refractivity contribution is 9.10. The number of hydrogen-bond donors (Lipinski definition) is 3. The van der Waals surface area contributed by atoms with Gasteiger partial charge in [0.2, 0.25) is 0 Å². The maximum Gasteiger partial charge on any atom is 0.335 e. The van der Waals surface area contributed by atoms with Crippen LogP contribution in [0.5, 0.6) is 5.75 Å². The highest BCUT2D eigenvalue weighted by Gasteiger charge is 2.34. The third-order valence-electron chi connectivity index (χ3n) is 5.29. The molecule has 2 amide bonds. The molecule has 0 unspecified atom stereocenters. The van der Waals surface area contributed by atoms with E-state index >= 15 is 0 Å². The molecule has 1 heterocycles. The number of amides is 2. The van der Waals surface area contributed by atoms with E-state index in [1.165, 1.54) is 42.5 Å². The molecule has 186 valence electrons. The van der Waals surface area contributed by atoms with Crippen LogP contribution in [0.2, 0.25) is 0 Å². The van der Waals surface area contributed by atoms with Crippen molar-refractivity contribution in [3.05, 3.63) is 99.0 Å². The maximum absolute atomic E-state index is 13.2. The molecule has 1 aliphatic rings. The maximum atomic E-state index is 13.2. The smallest absolute Gasteiger partial charge is 0.335 e. The molecule has 1 aliphatic heterocycles. The molecular formula is C26H17BrN2O7S. The number of thiocarbonyl (C=S) groups is 1. The SMILES string of the molecule is O=C1NC(=S)N(c2cccc(C(=O)O)c2)C(=O)C1=Cc1ccc(OCc2cccc(C(=O)O)c2)c(Br)c1. The predicted molar refractivity (Wildman–Crippen MR) is 141 cm³/mol. The Morgan fingerprint density at radius 3 is 2.32 bits per heavy atom. The number of anilines is 1. The Labute approximate surface area is 224 Å². The third kappa shape index (κ3) is 5.74. The van der Waals surface area contributed by atoms with Crippen molar-refractivity contribution in [3.63, 3.8) is 0 Å². The van der Waals surface area contributed by atoms with Gasteiger partial charge in [0, 0.05) is 0 Å². The van der Waals surface area contributed by atoms with Crippen molar-refractivity contribution in [2.24, 2.45) is 0 Å². The van der Waals surface area contributed by atoms with Gasteiger partial charge in [-0.3, -0.25) is 19.8 Å². The summed E-state index contributed by atoms with van der Waals surface area (Å²) in [6.45, 7) is 0.128. The van der Waals surface area contributed by atoms with Gasteiger partial charge in [-0.1, -0.05) is 24.3 Å². The summed E-state index contributed by atoms with van der Waals surface area (Å²) in [5.74, 6) is -3.12. The Hall–Kier alpha value is -4.35. The molecule has 11 heteroatoms. The van der Waals surface area contributed by atoms with E-state index in [-0.39, 0.29) is 34.1 Å². The zero-order valence-corrected chi connectivity index (χ0v) is 21.2. The van der Waals surface area contributed by atoms with Gasteiger partial charge in [0.1, 0.15) is 17.9 Å². The van der Waals surface area contributed by atoms with Crippen molar-refractivity contribution in [1.82, 2.24) is 5.32 Å². The second-order valence-electron chi connectivity index (χ2n) is 7.80. The van der Waals surface area contributed by atoms with Crippen LogP contribution in [0.4, 0.5) is 5.69 Å². The van der Waals surface area contributed by atoms with E-state index in [4.69, 9.17) is 22.1 Å². The lowest BCUT2D eigenvalue weighted by molar-refractivity contribution is -0.122. The fourth-order valence-electron chi connectivity index (χ4n) is 3.52. The van der Waals surface area contributed by atoms with Gasteiger partial charge in [-0.05, 0) is 87.8 Å². The van der Waals surface area contributed by atoms with Gasteiger partial charge in [0.25, 0.3) is 11.8 Å². The minimum absolute atomic E-state index is 0.0373. The van der Waals surface area contributed by atoms with E-state index in [0.29, 0.717) is 21.3 Å². The van der Waals surface area contributed by atoms with Crippen molar-refractivity contribution in [3.8, 4) is 5.75 Å². The summed E-state index contributed by atoms with van der Waals surface area (Å²) in [5, 5.41) is 20.7. The first-order valence-corrected chi connectivity index (χ1v) is 11.8. The van der Waals surface area contributed by atoms with Crippen LogP contribution in [0.25, 0.3) is 6.08 Å². The molecule has 3 aromatic rings. The van der Waals surface area contributed by atoms with Gasteiger partial charge in [-0.25, -0.2) is 9.59 Å². The number of nitrogens with zero attached hydrogens (tertiary/aromatic N) is 1. The molecule has 4 rings (SSSR count). The van der Waals surface area contributed by atoms with Crippen molar-refractivity contribution in [1.29, 1.82) is 0 Å². The topological polar surface area (TPSA) is 133 Å².